The smallest absolute Gasteiger partial charge is 0.189 e. The van der Waals surface area contributed by atoms with Crippen molar-refractivity contribution < 1.29 is 13.9 Å². The van der Waals surface area contributed by atoms with Gasteiger partial charge in [0.25, 0.3) is 0 Å². The number of ketones is 1. The Morgan fingerprint density at radius 2 is 2.00 bits per heavy atom. The van der Waals surface area contributed by atoms with Crippen LogP contribution < -0.4 is 4.74 Å². The molecule has 0 spiro atoms. The van der Waals surface area contributed by atoms with Crippen LogP contribution in [0.3, 0.4) is 0 Å². The van der Waals surface area contributed by atoms with E-state index >= 15 is 0 Å². The maximum Gasteiger partial charge on any atom is 0.189 e. The number of methoxy groups -OCH3 is 1. The second-order valence-corrected chi connectivity index (χ2v) is 5.64. The Morgan fingerprint density at radius 3 is 2.77 bits per heavy atom. The third-order valence-electron chi connectivity index (χ3n) is 3.27. The van der Waals surface area contributed by atoms with Crippen molar-refractivity contribution in [3.05, 3.63) is 70.4 Å². The van der Waals surface area contributed by atoms with Gasteiger partial charge in [-0.1, -0.05) is 34.1 Å². The molecule has 110 valence electrons. The topological polar surface area (TPSA) is 39.4 Å². The first-order chi connectivity index (χ1) is 10.7. The molecule has 0 aliphatic rings. The quantitative estimate of drug-likeness (QED) is 0.482. The molecule has 0 bridgehead atoms. The SMILES string of the molecule is COc1ccc(Br)cc1C(=O)C=Cc1cc2ccccc2o1. The van der Waals surface area contributed by atoms with Gasteiger partial charge in [0.1, 0.15) is 17.1 Å². The zero-order chi connectivity index (χ0) is 15.5. The minimum absolute atomic E-state index is 0.140. The number of benzene rings is 2. The van der Waals surface area contributed by atoms with Crippen LogP contribution in [-0.2, 0) is 0 Å². The van der Waals surface area contributed by atoms with Crippen LogP contribution in [0.4, 0.5) is 0 Å². The van der Waals surface area contributed by atoms with Crippen molar-refractivity contribution in [2.75, 3.05) is 7.11 Å². The van der Waals surface area contributed by atoms with Gasteiger partial charge in [0, 0.05) is 9.86 Å². The summed E-state index contributed by atoms with van der Waals surface area (Å²) in [4.78, 5) is 12.3. The Bertz CT molecular complexity index is 829. The van der Waals surface area contributed by atoms with Gasteiger partial charge >= 0.3 is 0 Å². The van der Waals surface area contributed by atoms with E-state index in [4.69, 9.17) is 9.15 Å². The van der Waals surface area contributed by atoms with Crippen LogP contribution in [0.25, 0.3) is 17.0 Å². The molecule has 0 fully saturated rings. The lowest BCUT2D eigenvalue weighted by Gasteiger charge is -2.05. The monoisotopic (exact) mass is 356 g/mol. The van der Waals surface area contributed by atoms with Crippen LogP contribution in [-0.4, -0.2) is 12.9 Å². The van der Waals surface area contributed by atoms with E-state index in [1.54, 1.807) is 25.3 Å². The minimum atomic E-state index is -0.140. The van der Waals surface area contributed by atoms with E-state index in [1.165, 1.54) is 6.08 Å². The molecule has 0 N–H and O–H groups in total. The maximum absolute atomic E-state index is 12.3. The Morgan fingerprint density at radius 1 is 1.18 bits per heavy atom. The fourth-order valence-electron chi connectivity index (χ4n) is 2.20. The van der Waals surface area contributed by atoms with E-state index in [0.29, 0.717) is 17.1 Å². The summed E-state index contributed by atoms with van der Waals surface area (Å²) in [5.74, 6) is 1.05. The highest BCUT2D eigenvalue weighted by molar-refractivity contribution is 9.10. The predicted molar refractivity (Wildman–Crippen MR) is 90.3 cm³/mol. The van der Waals surface area contributed by atoms with Gasteiger partial charge in [-0.3, -0.25) is 4.79 Å². The van der Waals surface area contributed by atoms with Gasteiger partial charge in [0.05, 0.1) is 12.7 Å². The minimum Gasteiger partial charge on any atom is -0.496 e. The van der Waals surface area contributed by atoms with Crippen LogP contribution in [0.1, 0.15) is 16.1 Å². The molecule has 2 aromatic carbocycles. The van der Waals surface area contributed by atoms with Crippen molar-refractivity contribution in [1.29, 1.82) is 0 Å². The molecule has 1 heterocycles. The summed E-state index contributed by atoms with van der Waals surface area (Å²) < 4.78 is 11.7. The molecule has 0 aliphatic carbocycles. The number of hydrogen-bond donors (Lipinski definition) is 0. The van der Waals surface area contributed by atoms with E-state index in [0.717, 1.165) is 15.4 Å². The largest absolute Gasteiger partial charge is 0.496 e. The summed E-state index contributed by atoms with van der Waals surface area (Å²) in [7, 11) is 1.54. The highest BCUT2D eigenvalue weighted by atomic mass is 79.9. The molecule has 1 aromatic heterocycles. The maximum atomic E-state index is 12.3. The van der Waals surface area contributed by atoms with Gasteiger partial charge < -0.3 is 9.15 Å². The molecule has 0 amide bonds. The average Bonchev–Trinajstić information content (AvgIpc) is 2.95. The summed E-state index contributed by atoms with van der Waals surface area (Å²) in [5, 5.41) is 1.01. The lowest BCUT2D eigenvalue weighted by Crippen LogP contribution is -1.98. The van der Waals surface area contributed by atoms with Crippen LogP contribution in [0.15, 0.2) is 63.5 Å². The zero-order valence-corrected chi connectivity index (χ0v) is 13.5. The van der Waals surface area contributed by atoms with E-state index < -0.39 is 0 Å². The van der Waals surface area contributed by atoms with Gasteiger partial charge in [-0.2, -0.15) is 0 Å². The molecule has 0 saturated heterocycles. The van der Waals surface area contributed by atoms with Crippen molar-refractivity contribution in [2.45, 2.75) is 0 Å². The number of ether oxygens (including phenoxy) is 1. The molecule has 4 heteroatoms. The summed E-state index contributed by atoms with van der Waals surface area (Å²) in [6.07, 6.45) is 3.16. The highest BCUT2D eigenvalue weighted by Crippen LogP contribution is 2.24. The molecule has 3 aromatic rings. The van der Waals surface area contributed by atoms with E-state index in [-0.39, 0.29) is 5.78 Å². The van der Waals surface area contributed by atoms with E-state index in [1.807, 2.05) is 36.4 Å². The second kappa shape index (κ2) is 6.20. The van der Waals surface area contributed by atoms with Gasteiger partial charge in [-0.15, -0.1) is 0 Å². The van der Waals surface area contributed by atoms with Crippen molar-refractivity contribution >= 4 is 38.8 Å². The van der Waals surface area contributed by atoms with E-state index in [9.17, 15) is 4.79 Å². The molecule has 0 unspecified atom stereocenters. The number of carbonyl (C=O) groups is 1. The number of furan rings is 1. The predicted octanol–water partition coefficient (Wildman–Crippen LogP) is 5.10. The molecule has 0 radical (unpaired) electrons. The van der Waals surface area contributed by atoms with Gasteiger partial charge in [0.2, 0.25) is 0 Å². The first kappa shape index (κ1) is 14.6. The number of hydrogen-bond acceptors (Lipinski definition) is 3. The normalized spacial score (nSPS) is 11.2. The number of para-hydroxylation sites is 1. The molecular formula is C18H13BrO3. The first-order valence-electron chi connectivity index (χ1n) is 6.72. The lowest BCUT2D eigenvalue weighted by atomic mass is 10.1. The molecule has 0 aliphatic heterocycles. The summed E-state index contributed by atoms with van der Waals surface area (Å²) >= 11 is 3.36. The molecule has 3 nitrogen and oxygen atoms in total. The third-order valence-corrected chi connectivity index (χ3v) is 3.76. The number of carbonyl (C=O) groups excluding carboxylic acids is 1. The zero-order valence-electron chi connectivity index (χ0n) is 11.9. The van der Waals surface area contributed by atoms with Crippen LogP contribution >= 0.6 is 15.9 Å². The third kappa shape index (κ3) is 2.97. The summed E-state index contributed by atoms with van der Waals surface area (Å²) in [6, 6.07) is 15.0. The Labute approximate surface area is 136 Å². The standard InChI is InChI=1S/C18H13BrO3/c1-21-18-9-6-13(19)11-15(18)16(20)8-7-14-10-12-4-2-3-5-17(12)22-14/h2-11H,1H3. The number of rotatable bonds is 4. The molecule has 0 atom stereocenters. The Balaban J connectivity index is 1.88. The van der Waals surface area contributed by atoms with Crippen molar-refractivity contribution in [1.82, 2.24) is 0 Å². The van der Waals surface area contributed by atoms with Crippen molar-refractivity contribution in [3.8, 4) is 5.75 Å². The second-order valence-electron chi connectivity index (χ2n) is 4.73. The number of allylic oxidation sites excluding steroid dienone is 1. The summed E-state index contributed by atoms with van der Waals surface area (Å²) in [6.45, 7) is 0. The number of fused-ring (bicyclic) bond motifs is 1. The average molecular weight is 357 g/mol. The lowest BCUT2D eigenvalue weighted by molar-refractivity contribution is 0.104. The molecular weight excluding hydrogens is 344 g/mol. The van der Waals surface area contributed by atoms with Crippen LogP contribution in [0, 0.1) is 0 Å². The molecule has 22 heavy (non-hydrogen) atoms. The van der Waals surface area contributed by atoms with E-state index in [2.05, 4.69) is 15.9 Å². The van der Waals surface area contributed by atoms with Gasteiger partial charge in [-0.05, 0) is 42.5 Å². The highest BCUT2D eigenvalue weighted by Gasteiger charge is 2.10. The Hall–Kier alpha value is -2.33. The number of halogens is 1. The fourth-order valence-corrected chi connectivity index (χ4v) is 2.57. The molecule has 0 saturated carbocycles. The summed E-state index contributed by atoms with van der Waals surface area (Å²) in [5.41, 5.74) is 1.30. The van der Waals surface area contributed by atoms with Gasteiger partial charge in [-0.25, -0.2) is 0 Å². The van der Waals surface area contributed by atoms with Crippen LogP contribution in [0.5, 0.6) is 5.75 Å². The first-order valence-corrected chi connectivity index (χ1v) is 7.51. The fraction of sp³-hybridized carbons (Fsp3) is 0.0556. The van der Waals surface area contributed by atoms with Crippen LogP contribution in [0.2, 0.25) is 0 Å². The van der Waals surface area contributed by atoms with Gasteiger partial charge in [0.15, 0.2) is 5.78 Å². The van der Waals surface area contributed by atoms with Crippen molar-refractivity contribution in [2.24, 2.45) is 0 Å². The Kier molecular flexibility index (Phi) is 4.11. The van der Waals surface area contributed by atoms with Crippen molar-refractivity contribution in [3.63, 3.8) is 0 Å². The molecule has 3 rings (SSSR count).